The van der Waals surface area contributed by atoms with Crippen LogP contribution in [0.3, 0.4) is 0 Å². The maximum absolute atomic E-state index is 13.2. The smallest absolute Gasteiger partial charge is 0.263 e. The van der Waals surface area contributed by atoms with E-state index in [1.54, 1.807) is 0 Å². The van der Waals surface area contributed by atoms with E-state index < -0.39 is 6.10 Å². The second-order valence-electron chi connectivity index (χ2n) is 11.1. The Hall–Kier alpha value is -2.87. The standard InChI is InChI=1S/C30H44N6O2/c1-24(38-27-14-5-4-6-15-27)29(37)36-21-11-13-26(23-36)35-20-10-7-12-25(22-35)32-30-31-17-16-28(33-30)34-18-8-2-3-9-19-34/h4-6,14-17,24-26H,2-3,7-13,18-23H2,1H3,(H,31,32,33). The van der Waals surface area contributed by atoms with Gasteiger partial charge in [-0.05, 0) is 70.2 Å². The maximum atomic E-state index is 13.2. The Morgan fingerprint density at radius 2 is 1.71 bits per heavy atom. The Morgan fingerprint density at radius 1 is 0.921 bits per heavy atom. The zero-order valence-corrected chi connectivity index (χ0v) is 22.9. The minimum atomic E-state index is -0.483. The molecular weight excluding hydrogens is 476 g/mol. The second kappa shape index (κ2) is 13.3. The molecule has 1 aromatic heterocycles. The molecule has 3 fully saturated rings. The van der Waals surface area contributed by atoms with Gasteiger partial charge in [-0.1, -0.05) is 37.5 Å². The molecule has 3 saturated heterocycles. The van der Waals surface area contributed by atoms with E-state index in [9.17, 15) is 4.79 Å². The number of ether oxygens (including phenoxy) is 1. The van der Waals surface area contributed by atoms with E-state index in [4.69, 9.17) is 9.72 Å². The SMILES string of the molecule is CC(Oc1ccccc1)C(=O)N1CCCC(N2CCCCC(Nc3nccc(N4CCCCCC4)n3)C2)C1. The van der Waals surface area contributed by atoms with Gasteiger partial charge in [0.05, 0.1) is 0 Å². The van der Waals surface area contributed by atoms with E-state index in [0.717, 1.165) is 76.0 Å². The molecule has 1 aromatic carbocycles. The van der Waals surface area contributed by atoms with Crippen LogP contribution >= 0.6 is 0 Å². The van der Waals surface area contributed by atoms with Crippen LogP contribution in [0.25, 0.3) is 0 Å². The van der Waals surface area contributed by atoms with Gasteiger partial charge in [-0.15, -0.1) is 0 Å². The third-order valence-corrected chi connectivity index (χ3v) is 8.24. The summed E-state index contributed by atoms with van der Waals surface area (Å²) >= 11 is 0. The van der Waals surface area contributed by atoms with Crippen molar-refractivity contribution in [3.05, 3.63) is 42.6 Å². The van der Waals surface area contributed by atoms with Crippen LogP contribution in [0.5, 0.6) is 5.75 Å². The highest BCUT2D eigenvalue weighted by Gasteiger charge is 2.32. The molecule has 38 heavy (non-hydrogen) atoms. The third-order valence-electron chi connectivity index (χ3n) is 8.24. The number of likely N-dealkylation sites (tertiary alicyclic amines) is 2. The fourth-order valence-corrected chi connectivity index (χ4v) is 6.16. The lowest BCUT2D eigenvalue weighted by atomic mass is 10.0. The molecule has 8 nitrogen and oxygen atoms in total. The Kier molecular flexibility index (Phi) is 9.33. The number of anilines is 2. The summed E-state index contributed by atoms with van der Waals surface area (Å²) in [5, 5.41) is 3.67. The number of para-hydroxylation sites is 1. The summed E-state index contributed by atoms with van der Waals surface area (Å²) in [7, 11) is 0. The summed E-state index contributed by atoms with van der Waals surface area (Å²) in [4.78, 5) is 29.8. The molecule has 0 radical (unpaired) electrons. The number of hydrogen-bond donors (Lipinski definition) is 1. The van der Waals surface area contributed by atoms with Gasteiger partial charge in [0.2, 0.25) is 5.95 Å². The van der Waals surface area contributed by atoms with Crippen molar-refractivity contribution < 1.29 is 9.53 Å². The molecule has 3 aliphatic rings. The van der Waals surface area contributed by atoms with Crippen LogP contribution in [-0.4, -0.2) is 83.1 Å². The molecule has 1 amide bonds. The highest BCUT2D eigenvalue weighted by atomic mass is 16.5. The number of carbonyl (C=O) groups excluding carboxylic acids is 1. The maximum Gasteiger partial charge on any atom is 0.263 e. The molecule has 8 heteroatoms. The summed E-state index contributed by atoms with van der Waals surface area (Å²) in [5.74, 6) is 2.61. The quantitative estimate of drug-likeness (QED) is 0.573. The number of benzene rings is 1. The lowest BCUT2D eigenvalue weighted by Gasteiger charge is -2.40. The van der Waals surface area contributed by atoms with Crippen molar-refractivity contribution in [1.82, 2.24) is 19.8 Å². The van der Waals surface area contributed by atoms with Gasteiger partial charge >= 0.3 is 0 Å². The Bertz CT molecular complexity index is 1010. The summed E-state index contributed by atoms with van der Waals surface area (Å²) in [6.07, 6.45) is 12.2. The summed E-state index contributed by atoms with van der Waals surface area (Å²) in [5.41, 5.74) is 0. The molecule has 0 bridgehead atoms. The highest BCUT2D eigenvalue weighted by Crippen LogP contribution is 2.24. The summed E-state index contributed by atoms with van der Waals surface area (Å²) < 4.78 is 5.94. The van der Waals surface area contributed by atoms with Crippen LogP contribution < -0.4 is 15.0 Å². The minimum absolute atomic E-state index is 0.0850. The number of nitrogens with zero attached hydrogens (tertiary/aromatic N) is 5. The van der Waals surface area contributed by atoms with Crippen molar-refractivity contribution in [2.45, 2.75) is 82.9 Å². The van der Waals surface area contributed by atoms with Crippen molar-refractivity contribution in [2.75, 3.05) is 49.5 Å². The zero-order chi connectivity index (χ0) is 26.2. The van der Waals surface area contributed by atoms with Gasteiger partial charge < -0.3 is 19.9 Å². The van der Waals surface area contributed by atoms with Crippen molar-refractivity contribution in [1.29, 1.82) is 0 Å². The largest absolute Gasteiger partial charge is 0.481 e. The van der Waals surface area contributed by atoms with Crippen LogP contribution in [0, 0.1) is 0 Å². The van der Waals surface area contributed by atoms with E-state index >= 15 is 0 Å². The number of aromatic nitrogens is 2. The molecule has 5 rings (SSSR count). The Labute approximate surface area is 227 Å². The first kappa shape index (κ1) is 26.7. The Morgan fingerprint density at radius 3 is 2.53 bits per heavy atom. The number of rotatable bonds is 7. The number of piperidine rings is 1. The Balaban J connectivity index is 1.18. The zero-order valence-electron chi connectivity index (χ0n) is 22.9. The number of amides is 1. The fraction of sp³-hybridized carbons (Fsp3) is 0.633. The third kappa shape index (κ3) is 7.16. The molecule has 0 saturated carbocycles. The molecule has 3 unspecified atom stereocenters. The first-order valence-electron chi connectivity index (χ1n) is 14.7. The van der Waals surface area contributed by atoms with Gasteiger partial charge in [0.15, 0.2) is 6.10 Å². The van der Waals surface area contributed by atoms with Crippen LogP contribution in [0.1, 0.15) is 64.7 Å². The van der Waals surface area contributed by atoms with Crippen molar-refractivity contribution in [3.63, 3.8) is 0 Å². The monoisotopic (exact) mass is 520 g/mol. The van der Waals surface area contributed by atoms with Gasteiger partial charge in [-0.3, -0.25) is 9.69 Å². The average molecular weight is 521 g/mol. The predicted molar refractivity (Wildman–Crippen MR) is 152 cm³/mol. The molecule has 0 aliphatic carbocycles. The lowest BCUT2D eigenvalue weighted by Crippen LogP contribution is -2.53. The topological polar surface area (TPSA) is 73.8 Å². The van der Waals surface area contributed by atoms with Gasteiger partial charge in [-0.2, -0.15) is 4.98 Å². The normalized spacial score (nSPS) is 24.2. The van der Waals surface area contributed by atoms with E-state index in [2.05, 4.69) is 20.1 Å². The lowest BCUT2D eigenvalue weighted by molar-refractivity contribution is -0.140. The van der Waals surface area contributed by atoms with Crippen LogP contribution in [-0.2, 0) is 4.79 Å². The van der Waals surface area contributed by atoms with Crippen molar-refractivity contribution in [2.24, 2.45) is 0 Å². The molecule has 3 aliphatic heterocycles. The predicted octanol–water partition coefficient (Wildman–Crippen LogP) is 4.58. The van der Waals surface area contributed by atoms with E-state index in [1.165, 1.54) is 38.5 Å². The average Bonchev–Trinajstić information content (AvgIpc) is 3.37. The van der Waals surface area contributed by atoms with E-state index in [-0.39, 0.29) is 5.91 Å². The number of nitrogens with one attached hydrogen (secondary N) is 1. The van der Waals surface area contributed by atoms with Gasteiger partial charge in [0, 0.05) is 51.0 Å². The molecule has 206 valence electrons. The molecule has 4 heterocycles. The minimum Gasteiger partial charge on any atom is -0.481 e. The number of carbonyl (C=O) groups is 1. The summed E-state index contributed by atoms with van der Waals surface area (Å²) in [6, 6.07) is 12.4. The van der Waals surface area contributed by atoms with Crippen molar-refractivity contribution >= 4 is 17.7 Å². The molecule has 1 N–H and O–H groups in total. The highest BCUT2D eigenvalue weighted by molar-refractivity contribution is 5.81. The fourth-order valence-electron chi connectivity index (χ4n) is 6.16. The van der Waals surface area contributed by atoms with Crippen LogP contribution in [0.4, 0.5) is 11.8 Å². The number of hydrogen-bond acceptors (Lipinski definition) is 7. The molecule has 3 atom stereocenters. The first-order chi connectivity index (χ1) is 18.7. The van der Waals surface area contributed by atoms with Gasteiger partial charge in [-0.25, -0.2) is 4.98 Å². The van der Waals surface area contributed by atoms with Crippen LogP contribution in [0.2, 0.25) is 0 Å². The van der Waals surface area contributed by atoms with E-state index in [1.807, 2.05) is 54.4 Å². The van der Waals surface area contributed by atoms with E-state index in [0.29, 0.717) is 12.1 Å². The molecule has 2 aromatic rings. The first-order valence-corrected chi connectivity index (χ1v) is 14.7. The molecule has 0 spiro atoms. The summed E-state index contributed by atoms with van der Waals surface area (Å²) in [6.45, 7) is 7.65. The van der Waals surface area contributed by atoms with Crippen LogP contribution in [0.15, 0.2) is 42.6 Å². The van der Waals surface area contributed by atoms with Gasteiger partial charge in [0.25, 0.3) is 5.91 Å². The van der Waals surface area contributed by atoms with Crippen molar-refractivity contribution in [3.8, 4) is 5.75 Å². The molecular formula is C30H44N6O2. The second-order valence-corrected chi connectivity index (χ2v) is 11.1. The van der Waals surface area contributed by atoms with Gasteiger partial charge in [0.1, 0.15) is 11.6 Å².